The van der Waals surface area contributed by atoms with Crippen LogP contribution in [0.15, 0.2) is 36.4 Å². The van der Waals surface area contributed by atoms with Crippen LogP contribution in [-0.4, -0.2) is 0 Å². The maximum Gasteiger partial charge on any atom is 3.00 e. The van der Waals surface area contributed by atoms with Crippen molar-refractivity contribution in [3.63, 3.8) is 0 Å². The van der Waals surface area contributed by atoms with Gasteiger partial charge in [-0.2, -0.15) is 11.4 Å². The molecule has 2 rings (SSSR count). The van der Waals surface area contributed by atoms with Gasteiger partial charge in [-0.1, -0.05) is 35.9 Å². The quantitative estimate of drug-likeness (QED) is 0.495. The third-order valence-electron chi connectivity index (χ3n) is 2.38. The number of aryl methyl sites for hydroxylation is 2. The Morgan fingerprint density at radius 3 is 1.58 bits per heavy atom. The van der Waals surface area contributed by atoms with Crippen molar-refractivity contribution in [1.29, 1.82) is 0 Å². The van der Waals surface area contributed by atoms with Crippen LogP contribution in [0.4, 0.5) is 22.7 Å². The van der Waals surface area contributed by atoms with Crippen LogP contribution < -0.4 is 5.73 Å². The zero-order chi connectivity index (χ0) is 13.7. The van der Waals surface area contributed by atoms with Crippen LogP contribution in [0.3, 0.4) is 0 Å². The first-order valence-electron chi connectivity index (χ1n) is 5.51. The van der Waals surface area contributed by atoms with Crippen molar-refractivity contribution in [2.45, 2.75) is 13.8 Å². The summed E-state index contributed by atoms with van der Waals surface area (Å²) in [5.41, 5.74) is 30.6. The number of hydrogen-bond acceptors (Lipinski definition) is 1. The number of hydrogen-bond donors (Lipinski definition) is 1. The number of rotatable bonds is 0. The van der Waals surface area contributed by atoms with Crippen LogP contribution in [0.1, 0.15) is 11.1 Å². The van der Waals surface area contributed by atoms with Gasteiger partial charge in [-0.15, -0.1) is 5.69 Å². The van der Waals surface area contributed by atoms with Crippen LogP contribution in [0.5, 0.6) is 0 Å². The van der Waals surface area contributed by atoms with Crippen LogP contribution in [0.25, 0.3) is 17.2 Å². The second-order valence-electron chi connectivity index (χ2n) is 4.14. The minimum atomic E-state index is 0. The Morgan fingerprint density at radius 2 is 1.21 bits per heavy atom. The molecule has 19 heavy (non-hydrogen) atoms. The maximum absolute atomic E-state index is 7.19. The SMILES string of the molecule is Cc1ccc([NH-])c(N)c1.Cc1ccc([NH-])c([NH-])c1.[Ni+3]. The molecule has 0 atom stereocenters. The summed E-state index contributed by atoms with van der Waals surface area (Å²) in [7, 11) is 0. The predicted octanol–water partition coefficient (Wildman–Crippen LogP) is 5.62. The van der Waals surface area contributed by atoms with Crippen LogP contribution in [0, 0.1) is 13.8 Å². The predicted molar refractivity (Wildman–Crippen MR) is 78.7 cm³/mol. The molecule has 0 saturated heterocycles. The molecule has 0 aliphatic rings. The van der Waals surface area contributed by atoms with Crippen LogP contribution in [-0.2, 0) is 16.5 Å². The van der Waals surface area contributed by atoms with Gasteiger partial charge >= 0.3 is 16.5 Å². The summed E-state index contributed by atoms with van der Waals surface area (Å²) in [6, 6.07) is 10.5. The van der Waals surface area contributed by atoms with Gasteiger partial charge in [0.05, 0.1) is 0 Å². The van der Waals surface area contributed by atoms with Gasteiger partial charge in [-0.25, -0.2) is 0 Å². The average Bonchev–Trinajstić information content (AvgIpc) is 2.30. The average molecular weight is 300 g/mol. The Bertz CT molecular complexity index is 491. The number of anilines is 1. The molecule has 4 nitrogen and oxygen atoms in total. The molecule has 1 radical (unpaired) electrons. The molecule has 5 N–H and O–H groups in total. The molecule has 0 aromatic heterocycles. The number of benzene rings is 2. The fraction of sp³-hybridized carbons (Fsp3) is 0.143. The number of nitrogen functional groups attached to an aromatic ring is 1. The zero-order valence-electron chi connectivity index (χ0n) is 10.9. The third kappa shape index (κ3) is 5.53. The van der Waals surface area contributed by atoms with E-state index in [0.717, 1.165) is 11.1 Å². The molecule has 2 aromatic carbocycles. The van der Waals surface area contributed by atoms with E-state index in [1.807, 2.05) is 26.0 Å². The van der Waals surface area contributed by atoms with Crippen molar-refractivity contribution in [3.05, 3.63) is 64.7 Å². The molecule has 2 aromatic rings. The van der Waals surface area contributed by atoms with E-state index in [4.69, 9.17) is 22.9 Å². The summed E-state index contributed by atoms with van der Waals surface area (Å²) in [4.78, 5) is 0. The molecule has 5 heteroatoms. The van der Waals surface area contributed by atoms with E-state index in [0.29, 0.717) is 22.7 Å². The van der Waals surface area contributed by atoms with Gasteiger partial charge < -0.3 is 22.9 Å². The molecule has 0 fully saturated rings. The first-order valence-corrected chi connectivity index (χ1v) is 5.51. The summed E-state index contributed by atoms with van der Waals surface area (Å²) < 4.78 is 0. The van der Waals surface area contributed by atoms with Crippen molar-refractivity contribution >= 4 is 22.7 Å². The summed E-state index contributed by atoms with van der Waals surface area (Å²) in [5.74, 6) is 0. The van der Waals surface area contributed by atoms with E-state index in [1.165, 1.54) is 0 Å². The van der Waals surface area contributed by atoms with E-state index in [1.54, 1.807) is 24.3 Å². The first kappa shape index (κ1) is 17.1. The summed E-state index contributed by atoms with van der Waals surface area (Å²) in [5, 5.41) is 0. The standard InChI is InChI=1S/C7H9N2.C7H8N2.Ni/c2*1-5-2-3-6(8)7(9)4-5;/h2-4,8H,9H2,1H3;2-4,8-9H,1H3;/q-1;-2;+3. The van der Waals surface area contributed by atoms with Gasteiger partial charge in [0.25, 0.3) is 0 Å². The molecule has 0 amide bonds. The second-order valence-corrected chi connectivity index (χ2v) is 4.14. The van der Waals surface area contributed by atoms with Gasteiger partial charge in [0.1, 0.15) is 0 Å². The fourth-order valence-electron chi connectivity index (χ4n) is 1.34. The molecule has 103 valence electrons. The Kier molecular flexibility index (Phi) is 6.80. The van der Waals surface area contributed by atoms with Gasteiger partial charge in [0.15, 0.2) is 0 Å². The minimum Gasteiger partial charge on any atom is -0.700 e. The largest absolute Gasteiger partial charge is 3.00 e. The maximum atomic E-state index is 7.19. The number of nitrogens with two attached hydrogens (primary N) is 1. The van der Waals surface area contributed by atoms with Crippen molar-refractivity contribution < 1.29 is 16.5 Å². The second kappa shape index (κ2) is 7.54. The molecular formula is C14H17N4Ni. The first-order chi connectivity index (χ1) is 8.40. The van der Waals surface area contributed by atoms with Crippen molar-refractivity contribution in [3.8, 4) is 0 Å². The van der Waals surface area contributed by atoms with Gasteiger partial charge in [0, 0.05) is 5.69 Å². The number of nitrogens with one attached hydrogen (secondary N) is 3. The third-order valence-corrected chi connectivity index (χ3v) is 2.38. The zero-order valence-corrected chi connectivity index (χ0v) is 11.8. The Morgan fingerprint density at radius 1 is 0.737 bits per heavy atom. The normalized spacial score (nSPS) is 8.95. The van der Waals surface area contributed by atoms with E-state index in [2.05, 4.69) is 0 Å². The molecular weight excluding hydrogens is 283 g/mol. The molecule has 0 aliphatic carbocycles. The van der Waals surface area contributed by atoms with E-state index in [-0.39, 0.29) is 16.5 Å². The van der Waals surface area contributed by atoms with E-state index in [9.17, 15) is 0 Å². The smallest absolute Gasteiger partial charge is 0.700 e. The Labute approximate surface area is 124 Å². The molecule has 0 bridgehead atoms. The summed E-state index contributed by atoms with van der Waals surface area (Å²) >= 11 is 0. The van der Waals surface area contributed by atoms with Crippen molar-refractivity contribution in [2.75, 3.05) is 5.73 Å². The van der Waals surface area contributed by atoms with E-state index >= 15 is 0 Å². The van der Waals surface area contributed by atoms with Crippen molar-refractivity contribution in [2.24, 2.45) is 0 Å². The van der Waals surface area contributed by atoms with Gasteiger partial charge in [-0.05, 0) is 25.5 Å². The Hall–Kier alpha value is -1.87. The van der Waals surface area contributed by atoms with Gasteiger partial charge in [0.2, 0.25) is 0 Å². The molecule has 0 heterocycles. The fourth-order valence-corrected chi connectivity index (χ4v) is 1.34. The topological polar surface area (TPSA) is 97.4 Å². The van der Waals surface area contributed by atoms with Crippen LogP contribution in [0.2, 0.25) is 0 Å². The Balaban J connectivity index is 0.000000324. The summed E-state index contributed by atoms with van der Waals surface area (Å²) in [6.45, 7) is 3.87. The molecule has 0 spiro atoms. The molecule has 0 saturated carbocycles. The van der Waals surface area contributed by atoms with Crippen molar-refractivity contribution in [1.82, 2.24) is 0 Å². The van der Waals surface area contributed by atoms with Crippen LogP contribution >= 0.6 is 0 Å². The minimum absolute atomic E-state index is 0. The van der Waals surface area contributed by atoms with E-state index < -0.39 is 0 Å². The monoisotopic (exact) mass is 299 g/mol. The molecule has 0 unspecified atom stereocenters. The van der Waals surface area contributed by atoms with Gasteiger partial charge in [-0.3, -0.25) is 0 Å². The summed E-state index contributed by atoms with van der Waals surface area (Å²) in [6.07, 6.45) is 0. The molecule has 0 aliphatic heterocycles.